The van der Waals surface area contributed by atoms with E-state index in [9.17, 15) is 4.57 Å². The van der Waals surface area contributed by atoms with Gasteiger partial charge in [0.2, 0.25) is 0 Å². The molecule has 0 bridgehead atoms. The van der Waals surface area contributed by atoms with Crippen molar-refractivity contribution in [2.75, 3.05) is 12.9 Å². The minimum Gasteiger partial charge on any atom is -0.391 e. The van der Waals surface area contributed by atoms with E-state index in [1.807, 2.05) is 0 Å². The van der Waals surface area contributed by atoms with Crippen molar-refractivity contribution in [1.82, 2.24) is 0 Å². The molecule has 5 nitrogen and oxygen atoms in total. The molecule has 0 spiro atoms. The summed E-state index contributed by atoms with van der Waals surface area (Å²) in [6.07, 6.45) is -1.16. The number of nitrogens with two attached hydrogens (primary N) is 1. The molecule has 0 fully saturated rings. The van der Waals surface area contributed by atoms with Gasteiger partial charge in [0.1, 0.15) is 0 Å². The molecule has 2 unspecified atom stereocenters. The zero-order valence-corrected chi connectivity index (χ0v) is 6.62. The summed E-state index contributed by atoms with van der Waals surface area (Å²) in [6, 6.07) is 0. The van der Waals surface area contributed by atoms with E-state index in [1.165, 1.54) is 6.92 Å². The van der Waals surface area contributed by atoms with Gasteiger partial charge in [-0.2, -0.15) is 0 Å². The van der Waals surface area contributed by atoms with Crippen LogP contribution in [0.15, 0.2) is 0 Å². The molecule has 0 aromatic heterocycles. The molecule has 0 saturated carbocycles. The summed E-state index contributed by atoms with van der Waals surface area (Å²) < 4.78 is 15.0. The van der Waals surface area contributed by atoms with E-state index in [0.717, 1.165) is 0 Å². The largest absolute Gasteiger partial charge is 0.391 e. The summed E-state index contributed by atoms with van der Waals surface area (Å²) in [4.78, 5) is 8.67. The predicted molar refractivity (Wildman–Crippen MR) is 36.5 cm³/mol. The van der Waals surface area contributed by atoms with E-state index in [4.69, 9.17) is 15.7 Å². The van der Waals surface area contributed by atoms with Crippen LogP contribution < -0.4 is 5.73 Å². The van der Waals surface area contributed by atoms with E-state index in [1.54, 1.807) is 0 Å². The van der Waals surface area contributed by atoms with Crippen LogP contribution in [0, 0.1) is 0 Å². The van der Waals surface area contributed by atoms with Gasteiger partial charge in [0.25, 0.3) is 0 Å². The molecule has 0 amide bonds. The highest BCUT2D eigenvalue weighted by Crippen LogP contribution is 2.39. The second-order valence-corrected chi connectivity index (χ2v) is 3.86. The monoisotopic (exact) mass is 169 g/mol. The summed E-state index contributed by atoms with van der Waals surface area (Å²) >= 11 is 0. The molecule has 0 aromatic carbocycles. The van der Waals surface area contributed by atoms with Gasteiger partial charge in [-0.1, -0.05) is 0 Å². The molecule has 2 atom stereocenters. The van der Waals surface area contributed by atoms with Crippen LogP contribution in [0.4, 0.5) is 0 Å². The van der Waals surface area contributed by atoms with Gasteiger partial charge in [0, 0.05) is 0 Å². The van der Waals surface area contributed by atoms with Gasteiger partial charge in [0.15, 0.2) is 0 Å². The van der Waals surface area contributed by atoms with E-state index in [-0.39, 0.29) is 6.61 Å². The van der Waals surface area contributed by atoms with Crippen LogP contribution in [0.2, 0.25) is 0 Å². The normalized spacial score (nSPS) is 20.0. The lowest BCUT2D eigenvalue weighted by molar-refractivity contribution is 0.114. The number of aliphatic hydroxyl groups is 1. The summed E-state index contributed by atoms with van der Waals surface area (Å²) in [6.45, 7) is 1.29. The van der Waals surface area contributed by atoms with Crippen molar-refractivity contribution in [2.24, 2.45) is 5.73 Å². The molecule has 0 heterocycles. The van der Waals surface area contributed by atoms with Crippen LogP contribution in [0.5, 0.6) is 0 Å². The van der Waals surface area contributed by atoms with Crippen LogP contribution in [-0.2, 0) is 9.09 Å². The van der Waals surface area contributed by atoms with Crippen LogP contribution in [-0.4, -0.2) is 29.0 Å². The number of rotatable bonds is 4. The number of hydrogen-bond acceptors (Lipinski definition) is 4. The molecule has 0 radical (unpaired) electrons. The van der Waals surface area contributed by atoms with Crippen molar-refractivity contribution in [3.05, 3.63) is 0 Å². The number of aliphatic hydroxyl groups excluding tert-OH is 1. The fourth-order valence-corrected chi connectivity index (χ4v) is 0.831. The summed E-state index contributed by atoms with van der Waals surface area (Å²) in [5, 5.41) is 8.61. The second-order valence-electron chi connectivity index (χ2n) is 1.96. The lowest BCUT2D eigenvalue weighted by atomic mass is 10.5. The van der Waals surface area contributed by atoms with E-state index in [2.05, 4.69) is 4.52 Å². The standard InChI is InChI=1S/C4H12NO4P/c1-4(6)2-9-10(7,8)3-5/h4,6H,2-3,5H2,1H3,(H,7,8). The first-order valence-corrected chi connectivity index (χ1v) is 4.58. The Balaban J connectivity index is 3.58. The molecular weight excluding hydrogens is 157 g/mol. The minimum atomic E-state index is -3.61. The molecule has 10 heavy (non-hydrogen) atoms. The highest BCUT2D eigenvalue weighted by molar-refractivity contribution is 7.52. The first-order chi connectivity index (χ1) is 4.48. The summed E-state index contributed by atoms with van der Waals surface area (Å²) in [7, 11) is -3.61. The van der Waals surface area contributed by atoms with Crippen molar-refractivity contribution in [3.63, 3.8) is 0 Å². The molecule has 0 saturated heterocycles. The van der Waals surface area contributed by atoms with Gasteiger partial charge in [-0.3, -0.25) is 4.57 Å². The quantitative estimate of drug-likeness (QED) is 0.492. The van der Waals surface area contributed by atoms with Gasteiger partial charge in [-0.25, -0.2) is 0 Å². The molecule has 0 aliphatic heterocycles. The SMILES string of the molecule is CC(O)COP(=O)(O)CN. The van der Waals surface area contributed by atoms with Gasteiger partial charge < -0.3 is 20.3 Å². The van der Waals surface area contributed by atoms with Crippen LogP contribution in [0.1, 0.15) is 6.92 Å². The van der Waals surface area contributed by atoms with Crippen molar-refractivity contribution in [1.29, 1.82) is 0 Å². The Labute approximate surface area is 59.3 Å². The molecule has 0 aliphatic carbocycles. The molecule has 0 aromatic rings. The smallest absolute Gasteiger partial charge is 0.341 e. The van der Waals surface area contributed by atoms with Crippen LogP contribution in [0.25, 0.3) is 0 Å². The molecule has 0 aliphatic rings. The Morgan fingerprint density at radius 3 is 2.60 bits per heavy atom. The third-order valence-electron chi connectivity index (χ3n) is 0.748. The average Bonchev–Trinajstić information content (AvgIpc) is 1.85. The fourth-order valence-electron chi connectivity index (χ4n) is 0.277. The van der Waals surface area contributed by atoms with E-state index < -0.39 is 20.0 Å². The average molecular weight is 169 g/mol. The van der Waals surface area contributed by atoms with Gasteiger partial charge >= 0.3 is 7.60 Å². The Morgan fingerprint density at radius 2 is 2.30 bits per heavy atom. The zero-order valence-electron chi connectivity index (χ0n) is 5.73. The third-order valence-corrected chi connectivity index (χ3v) is 1.76. The van der Waals surface area contributed by atoms with Crippen LogP contribution in [0.3, 0.4) is 0 Å². The maximum absolute atomic E-state index is 10.6. The van der Waals surface area contributed by atoms with E-state index in [0.29, 0.717) is 0 Å². The molecule has 4 N–H and O–H groups in total. The van der Waals surface area contributed by atoms with Gasteiger partial charge in [0.05, 0.1) is 19.0 Å². The zero-order chi connectivity index (χ0) is 8.20. The molecule has 0 rings (SSSR count). The van der Waals surface area contributed by atoms with Crippen molar-refractivity contribution < 1.29 is 19.1 Å². The maximum Gasteiger partial charge on any atom is 0.341 e. The Kier molecular flexibility index (Phi) is 4.08. The van der Waals surface area contributed by atoms with Gasteiger partial charge in [-0.05, 0) is 6.92 Å². The van der Waals surface area contributed by atoms with Crippen molar-refractivity contribution in [3.8, 4) is 0 Å². The molecular formula is C4H12NO4P. The first kappa shape index (κ1) is 10.1. The van der Waals surface area contributed by atoms with Crippen molar-refractivity contribution >= 4 is 7.60 Å². The highest BCUT2D eigenvalue weighted by atomic mass is 31.2. The van der Waals surface area contributed by atoms with Crippen molar-refractivity contribution in [2.45, 2.75) is 13.0 Å². The second kappa shape index (κ2) is 4.05. The first-order valence-electron chi connectivity index (χ1n) is 2.82. The summed E-state index contributed by atoms with van der Waals surface area (Å²) in [5.41, 5.74) is 4.87. The third kappa shape index (κ3) is 4.90. The molecule has 62 valence electrons. The minimum absolute atomic E-state index is 0.162. The lowest BCUT2D eigenvalue weighted by Gasteiger charge is -2.10. The Morgan fingerprint density at radius 1 is 1.80 bits per heavy atom. The highest BCUT2D eigenvalue weighted by Gasteiger charge is 2.16. The number of hydrogen-bond donors (Lipinski definition) is 3. The maximum atomic E-state index is 10.6. The molecule has 6 heteroatoms. The van der Waals surface area contributed by atoms with Gasteiger partial charge in [-0.15, -0.1) is 0 Å². The Hall–Kier alpha value is 0.0700. The fraction of sp³-hybridized carbons (Fsp3) is 1.00. The van der Waals surface area contributed by atoms with E-state index >= 15 is 0 Å². The lowest BCUT2D eigenvalue weighted by Crippen LogP contribution is -2.12. The Bertz CT molecular complexity index is 137. The van der Waals surface area contributed by atoms with Crippen LogP contribution >= 0.6 is 7.60 Å². The topological polar surface area (TPSA) is 92.8 Å². The summed E-state index contributed by atoms with van der Waals surface area (Å²) in [5.74, 6) is 0. The predicted octanol–water partition coefficient (Wildman–Crippen LogP) is -0.515.